The van der Waals surface area contributed by atoms with Crippen LogP contribution in [0.3, 0.4) is 0 Å². The Morgan fingerprint density at radius 3 is 2.44 bits per heavy atom. The van der Waals surface area contributed by atoms with Gasteiger partial charge in [0.25, 0.3) is 5.91 Å². The SMILES string of the molecule is O=C(CCc1ccc(F)cc1)N1CCCN(C(=O)c2cc[nH]c2)CC1. The predicted molar refractivity (Wildman–Crippen MR) is 92.6 cm³/mol. The minimum atomic E-state index is -0.269. The second-order valence-electron chi connectivity index (χ2n) is 6.25. The Balaban J connectivity index is 1.51. The van der Waals surface area contributed by atoms with E-state index in [0.717, 1.165) is 12.0 Å². The molecule has 1 aliphatic rings. The number of hydrogen-bond acceptors (Lipinski definition) is 2. The molecule has 0 radical (unpaired) electrons. The van der Waals surface area contributed by atoms with Crippen molar-refractivity contribution in [3.8, 4) is 0 Å². The summed E-state index contributed by atoms with van der Waals surface area (Å²) in [5.74, 6) is -0.183. The van der Waals surface area contributed by atoms with Crippen LogP contribution in [0.1, 0.15) is 28.8 Å². The van der Waals surface area contributed by atoms with Crippen LogP contribution in [0.25, 0.3) is 0 Å². The van der Waals surface area contributed by atoms with E-state index in [1.165, 1.54) is 12.1 Å². The molecule has 3 rings (SSSR count). The van der Waals surface area contributed by atoms with Crippen LogP contribution < -0.4 is 0 Å². The molecule has 0 saturated carbocycles. The quantitative estimate of drug-likeness (QED) is 0.927. The Morgan fingerprint density at radius 2 is 1.72 bits per heavy atom. The van der Waals surface area contributed by atoms with E-state index >= 15 is 0 Å². The number of aromatic amines is 1. The van der Waals surface area contributed by atoms with Crippen LogP contribution in [0.15, 0.2) is 42.7 Å². The number of amides is 2. The smallest absolute Gasteiger partial charge is 0.255 e. The van der Waals surface area contributed by atoms with Crippen molar-refractivity contribution >= 4 is 11.8 Å². The third-order valence-corrected chi connectivity index (χ3v) is 4.52. The van der Waals surface area contributed by atoms with E-state index in [4.69, 9.17) is 0 Å². The maximum Gasteiger partial charge on any atom is 0.255 e. The zero-order valence-electron chi connectivity index (χ0n) is 14.1. The van der Waals surface area contributed by atoms with Crippen molar-refractivity contribution in [2.24, 2.45) is 0 Å². The van der Waals surface area contributed by atoms with E-state index < -0.39 is 0 Å². The van der Waals surface area contributed by atoms with Gasteiger partial charge in [-0.15, -0.1) is 0 Å². The van der Waals surface area contributed by atoms with Crippen molar-refractivity contribution in [1.29, 1.82) is 0 Å². The Hall–Kier alpha value is -2.63. The van der Waals surface area contributed by atoms with Gasteiger partial charge in [0.15, 0.2) is 0 Å². The number of aryl methyl sites for hydroxylation is 1. The molecule has 2 aromatic rings. The van der Waals surface area contributed by atoms with Crippen molar-refractivity contribution in [3.63, 3.8) is 0 Å². The number of carbonyl (C=O) groups excluding carboxylic acids is 2. The number of rotatable bonds is 4. The fraction of sp³-hybridized carbons (Fsp3) is 0.368. The Kier molecular flexibility index (Phi) is 5.48. The lowest BCUT2D eigenvalue weighted by molar-refractivity contribution is -0.131. The average Bonchev–Trinajstić information content (AvgIpc) is 3.05. The molecule has 1 aromatic heterocycles. The Labute approximate surface area is 146 Å². The molecule has 1 saturated heterocycles. The van der Waals surface area contributed by atoms with Crippen molar-refractivity contribution in [2.75, 3.05) is 26.2 Å². The molecule has 1 N–H and O–H groups in total. The molecule has 5 nitrogen and oxygen atoms in total. The van der Waals surface area contributed by atoms with Gasteiger partial charge in [0.2, 0.25) is 5.91 Å². The van der Waals surface area contributed by atoms with E-state index in [2.05, 4.69) is 4.98 Å². The minimum absolute atomic E-state index is 0.00172. The lowest BCUT2D eigenvalue weighted by Gasteiger charge is -2.22. The van der Waals surface area contributed by atoms with Gasteiger partial charge in [-0.05, 0) is 36.6 Å². The molecule has 2 heterocycles. The molecule has 0 bridgehead atoms. The summed E-state index contributed by atoms with van der Waals surface area (Å²) in [4.78, 5) is 31.4. The lowest BCUT2D eigenvalue weighted by atomic mass is 10.1. The number of aromatic nitrogens is 1. The molecule has 1 aromatic carbocycles. The summed E-state index contributed by atoms with van der Waals surface area (Å²) in [6.45, 7) is 2.43. The highest BCUT2D eigenvalue weighted by atomic mass is 19.1. The van der Waals surface area contributed by atoms with Crippen LogP contribution in [-0.4, -0.2) is 52.8 Å². The molecule has 0 atom stereocenters. The molecule has 0 unspecified atom stereocenters. The van der Waals surface area contributed by atoms with Crippen LogP contribution >= 0.6 is 0 Å². The van der Waals surface area contributed by atoms with Gasteiger partial charge in [0, 0.05) is 45.0 Å². The first kappa shape index (κ1) is 17.2. The fourth-order valence-corrected chi connectivity index (χ4v) is 3.07. The Morgan fingerprint density at radius 1 is 1.00 bits per heavy atom. The third kappa shape index (κ3) is 4.47. The summed E-state index contributed by atoms with van der Waals surface area (Å²) < 4.78 is 12.9. The van der Waals surface area contributed by atoms with E-state index in [9.17, 15) is 14.0 Å². The van der Waals surface area contributed by atoms with E-state index in [-0.39, 0.29) is 17.6 Å². The molecule has 1 fully saturated rings. The predicted octanol–water partition coefficient (Wildman–Crippen LogP) is 2.46. The highest BCUT2D eigenvalue weighted by Crippen LogP contribution is 2.11. The van der Waals surface area contributed by atoms with Gasteiger partial charge in [0.1, 0.15) is 5.82 Å². The number of hydrogen-bond donors (Lipinski definition) is 1. The monoisotopic (exact) mass is 343 g/mol. The first-order chi connectivity index (χ1) is 12.1. The van der Waals surface area contributed by atoms with Crippen LogP contribution in [0.2, 0.25) is 0 Å². The third-order valence-electron chi connectivity index (χ3n) is 4.52. The zero-order chi connectivity index (χ0) is 17.6. The molecule has 0 spiro atoms. The molecule has 1 aliphatic heterocycles. The lowest BCUT2D eigenvalue weighted by Crippen LogP contribution is -2.37. The van der Waals surface area contributed by atoms with Gasteiger partial charge in [-0.1, -0.05) is 12.1 Å². The molecule has 2 amide bonds. The van der Waals surface area contributed by atoms with Crippen molar-refractivity contribution in [1.82, 2.24) is 14.8 Å². The Bertz CT molecular complexity index is 713. The highest BCUT2D eigenvalue weighted by molar-refractivity contribution is 5.94. The topological polar surface area (TPSA) is 56.4 Å². The molecule has 25 heavy (non-hydrogen) atoms. The molecule has 132 valence electrons. The van der Waals surface area contributed by atoms with Crippen LogP contribution in [0, 0.1) is 5.82 Å². The fourth-order valence-electron chi connectivity index (χ4n) is 3.07. The van der Waals surface area contributed by atoms with Crippen molar-refractivity contribution in [2.45, 2.75) is 19.3 Å². The number of halogens is 1. The molecular weight excluding hydrogens is 321 g/mol. The van der Waals surface area contributed by atoms with E-state index in [1.807, 2.05) is 4.90 Å². The number of carbonyl (C=O) groups is 2. The second kappa shape index (κ2) is 7.96. The van der Waals surface area contributed by atoms with Gasteiger partial charge in [-0.25, -0.2) is 4.39 Å². The zero-order valence-corrected chi connectivity index (χ0v) is 14.1. The molecule has 0 aliphatic carbocycles. The van der Waals surface area contributed by atoms with Crippen LogP contribution in [-0.2, 0) is 11.2 Å². The summed E-state index contributed by atoms with van der Waals surface area (Å²) in [5, 5.41) is 0. The molecule has 6 heteroatoms. The van der Waals surface area contributed by atoms with E-state index in [1.54, 1.807) is 35.5 Å². The standard InChI is InChI=1S/C19H22FN3O2/c20-17-5-2-15(3-6-17)4-7-18(24)22-10-1-11-23(13-12-22)19(25)16-8-9-21-14-16/h2-3,5-6,8-9,14,21H,1,4,7,10-13H2. The van der Waals surface area contributed by atoms with Crippen molar-refractivity contribution in [3.05, 3.63) is 59.7 Å². The normalized spacial score (nSPS) is 15.1. The van der Waals surface area contributed by atoms with Gasteiger partial charge in [-0.3, -0.25) is 9.59 Å². The molecular formula is C19H22FN3O2. The summed E-state index contributed by atoms with van der Waals surface area (Å²) in [5.41, 5.74) is 1.60. The van der Waals surface area contributed by atoms with Gasteiger partial charge >= 0.3 is 0 Å². The average molecular weight is 343 g/mol. The maximum absolute atomic E-state index is 12.9. The number of benzene rings is 1. The summed E-state index contributed by atoms with van der Waals surface area (Å²) in [6, 6.07) is 8.01. The first-order valence-corrected chi connectivity index (χ1v) is 8.58. The first-order valence-electron chi connectivity index (χ1n) is 8.58. The minimum Gasteiger partial charge on any atom is -0.367 e. The summed E-state index contributed by atoms with van der Waals surface area (Å²) >= 11 is 0. The summed E-state index contributed by atoms with van der Waals surface area (Å²) in [7, 11) is 0. The largest absolute Gasteiger partial charge is 0.367 e. The number of nitrogens with zero attached hydrogens (tertiary/aromatic N) is 2. The number of H-pyrrole nitrogens is 1. The van der Waals surface area contributed by atoms with Gasteiger partial charge in [-0.2, -0.15) is 0 Å². The number of nitrogens with one attached hydrogen (secondary N) is 1. The van der Waals surface area contributed by atoms with E-state index in [0.29, 0.717) is 44.6 Å². The van der Waals surface area contributed by atoms with Crippen molar-refractivity contribution < 1.29 is 14.0 Å². The highest BCUT2D eigenvalue weighted by Gasteiger charge is 2.22. The van der Waals surface area contributed by atoms with Crippen LogP contribution in [0.5, 0.6) is 0 Å². The van der Waals surface area contributed by atoms with Crippen LogP contribution in [0.4, 0.5) is 4.39 Å². The van der Waals surface area contributed by atoms with Gasteiger partial charge in [0.05, 0.1) is 5.56 Å². The van der Waals surface area contributed by atoms with Gasteiger partial charge < -0.3 is 14.8 Å². The second-order valence-corrected chi connectivity index (χ2v) is 6.25. The summed E-state index contributed by atoms with van der Waals surface area (Å²) in [6.07, 6.45) is 5.20. The maximum atomic E-state index is 12.9.